The number of nitrogens with zero attached hydrogens (tertiary/aromatic N) is 2. The molecular weight excluding hydrogens is 176 g/mol. The summed E-state index contributed by atoms with van der Waals surface area (Å²) in [7, 11) is 1.28. The molecule has 1 aromatic rings. The van der Waals surface area contributed by atoms with Crippen molar-refractivity contribution >= 4 is 11.4 Å². The van der Waals surface area contributed by atoms with E-state index in [-0.39, 0.29) is 22.9 Å². The van der Waals surface area contributed by atoms with Gasteiger partial charge in [-0.25, -0.2) is 0 Å². The molecule has 0 bridgehead atoms. The second-order valence-corrected chi connectivity index (χ2v) is 2.20. The van der Waals surface area contributed by atoms with Crippen LogP contribution in [0, 0.1) is 9.81 Å². The number of nitroso groups, excluding NO2 is 2. The Morgan fingerprint density at radius 3 is 2.46 bits per heavy atom. The van der Waals surface area contributed by atoms with Crippen molar-refractivity contribution < 1.29 is 9.84 Å². The molecule has 0 aliphatic rings. The largest absolute Gasteiger partial charge is 0.504 e. The van der Waals surface area contributed by atoms with Gasteiger partial charge in [-0.1, -0.05) is 0 Å². The predicted molar refractivity (Wildman–Crippen MR) is 45.6 cm³/mol. The molecule has 13 heavy (non-hydrogen) atoms. The summed E-state index contributed by atoms with van der Waals surface area (Å²) in [5, 5.41) is 14.3. The third kappa shape index (κ3) is 1.61. The van der Waals surface area contributed by atoms with Crippen molar-refractivity contribution in [2.45, 2.75) is 0 Å². The summed E-state index contributed by atoms with van der Waals surface area (Å²) in [6.45, 7) is 0. The normalized spacial score (nSPS) is 9.31. The molecule has 0 saturated heterocycles. The summed E-state index contributed by atoms with van der Waals surface area (Å²) >= 11 is 0. The van der Waals surface area contributed by atoms with Crippen LogP contribution in [0.5, 0.6) is 11.5 Å². The van der Waals surface area contributed by atoms with Crippen molar-refractivity contribution in [3.63, 3.8) is 0 Å². The first-order valence-electron chi connectivity index (χ1n) is 3.30. The van der Waals surface area contributed by atoms with E-state index in [0.29, 0.717) is 0 Å². The topological polar surface area (TPSA) is 88.3 Å². The highest BCUT2D eigenvalue weighted by atomic mass is 16.5. The van der Waals surface area contributed by atoms with E-state index in [4.69, 9.17) is 0 Å². The van der Waals surface area contributed by atoms with Crippen molar-refractivity contribution in [1.82, 2.24) is 0 Å². The van der Waals surface area contributed by atoms with Crippen molar-refractivity contribution in [3.8, 4) is 11.5 Å². The van der Waals surface area contributed by atoms with Gasteiger partial charge in [0.25, 0.3) is 0 Å². The van der Waals surface area contributed by atoms with E-state index in [9.17, 15) is 14.9 Å². The molecule has 0 unspecified atom stereocenters. The number of phenols is 1. The van der Waals surface area contributed by atoms with Crippen LogP contribution in [0.25, 0.3) is 0 Å². The fourth-order valence-electron chi connectivity index (χ4n) is 0.914. The Kier molecular flexibility index (Phi) is 2.53. The van der Waals surface area contributed by atoms with Gasteiger partial charge < -0.3 is 9.84 Å². The van der Waals surface area contributed by atoms with Crippen LogP contribution in [0.15, 0.2) is 22.5 Å². The fourth-order valence-corrected chi connectivity index (χ4v) is 0.914. The van der Waals surface area contributed by atoms with Crippen molar-refractivity contribution in [1.29, 1.82) is 0 Å². The molecule has 1 rings (SSSR count). The molecule has 6 nitrogen and oxygen atoms in total. The maximum Gasteiger partial charge on any atom is 0.190 e. The molecule has 0 radical (unpaired) electrons. The van der Waals surface area contributed by atoms with Crippen LogP contribution in [-0.2, 0) is 0 Å². The highest BCUT2D eigenvalue weighted by molar-refractivity contribution is 5.66. The first-order chi connectivity index (χ1) is 6.22. The molecule has 1 N–H and O–H groups in total. The van der Waals surface area contributed by atoms with Crippen molar-refractivity contribution in [2.75, 3.05) is 7.11 Å². The summed E-state index contributed by atoms with van der Waals surface area (Å²) in [5.41, 5.74) is -0.231. The third-order valence-electron chi connectivity index (χ3n) is 1.44. The Labute approximate surface area is 73.1 Å². The molecule has 0 aromatic heterocycles. The van der Waals surface area contributed by atoms with Gasteiger partial charge in [-0.3, -0.25) is 0 Å². The highest BCUT2D eigenvalue weighted by Crippen LogP contribution is 2.39. The van der Waals surface area contributed by atoms with Gasteiger partial charge in [0.1, 0.15) is 5.69 Å². The van der Waals surface area contributed by atoms with E-state index >= 15 is 0 Å². The van der Waals surface area contributed by atoms with Crippen molar-refractivity contribution in [2.24, 2.45) is 10.4 Å². The predicted octanol–water partition coefficient (Wildman–Crippen LogP) is 2.20. The minimum atomic E-state index is -0.339. The van der Waals surface area contributed by atoms with Crippen LogP contribution in [0.4, 0.5) is 11.4 Å². The summed E-state index contributed by atoms with van der Waals surface area (Å²) in [4.78, 5) is 20.3. The van der Waals surface area contributed by atoms with E-state index < -0.39 is 0 Å². The van der Waals surface area contributed by atoms with Crippen LogP contribution in [0.3, 0.4) is 0 Å². The first kappa shape index (κ1) is 9.11. The number of methoxy groups -OCH3 is 1. The fraction of sp³-hybridized carbons (Fsp3) is 0.143. The molecule has 0 aliphatic carbocycles. The van der Waals surface area contributed by atoms with E-state index in [1.165, 1.54) is 7.11 Å². The van der Waals surface area contributed by atoms with Crippen LogP contribution in [0.2, 0.25) is 0 Å². The van der Waals surface area contributed by atoms with Gasteiger partial charge >= 0.3 is 0 Å². The minimum absolute atomic E-state index is 0.0672. The molecule has 0 aliphatic heterocycles. The Balaban J connectivity index is 3.36. The van der Waals surface area contributed by atoms with Gasteiger partial charge in [0, 0.05) is 12.1 Å². The summed E-state index contributed by atoms with van der Waals surface area (Å²) in [6, 6.07) is 2.21. The summed E-state index contributed by atoms with van der Waals surface area (Å²) in [5.74, 6) is -0.406. The molecule has 0 spiro atoms. The minimum Gasteiger partial charge on any atom is -0.504 e. The zero-order valence-electron chi connectivity index (χ0n) is 6.72. The molecule has 0 fully saturated rings. The number of hydrogen-bond donors (Lipinski definition) is 1. The molecule has 6 heteroatoms. The third-order valence-corrected chi connectivity index (χ3v) is 1.44. The van der Waals surface area contributed by atoms with Gasteiger partial charge in [0.15, 0.2) is 17.2 Å². The molecule has 68 valence electrons. The lowest BCUT2D eigenvalue weighted by atomic mass is 10.2. The van der Waals surface area contributed by atoms with Crippen LogP contribution >= 0.6 is 0 Å². The number of hydrogen-bond acceptors (Lipinski definition) is 6. The van der Waals surface area contributed by atoms with Gasteiger partial charge in [0.05, 0.1) is 7.11 Å². The first-order valence-corrected chi connectivity index (χ1v) is 3.30. The number of aromatic hydroxyl groups is 1. The quantitative estimate of drug-likeness (QED) is 0.725. The maximum atomic E-state index is 10.2. The summed E-state index contributed by atoms with van der Waals surface area (Å²) < 4.78 is 4.68. The van der Waals surface area contributed by atoms with Crippen LogP contribution < -0.4 is 4.74 Å². The Morgan fingerprint density at radius 1 is 1.31 bits per heavy atom. The lowest BCUT2D eigenvalue weighted by Crippen LogP contribution is -1.83. The lowest BCUT2D eigenvalue weighted by Gasteiger charge is -2.04. The monoisotopic (exact) mass is 182 g/mol. The SMILES string of the molecule is COc1c(O)cc(N=O)cc1N=O. The van der Waals surface area contributed by atoms with Gasteiger partial charge in [-0.15, -0.1) is 9.81 Å². The lowest BCUT2D eigenvalue weighted by molar-refractivity contribution is 0.375. The van der Waals surface area contributed by atoms with E-state index in [1.807, 2.05) is 0 Å². The molecule has 0 atom stereocenters. The van der Waals surface area contributed by atoms with E-state index in [0.717, 1.165) is 12.1 Å². The van der Waals surface area contributed by atoms with Crippen molar-refractivity contribution in [3.05, 3.63) is 21.9 Å². The standard InChI is InChI=1S/C7H6N2O4/c1-13-7-5(9-12)2-4(8-11)3-6(7)10/h2-3,10H,1H3. The van der Waals surface area contributed by atoms with E-state index in [1.54, 1.807) is 0 Å². The zero-order valence-corrected chi connectivity index (χ0v) is 6.72. The molecular formula is C7H6N2O4. The smallest absolute Gasteiger partial charge is 0.190 e. The highest BCUT2D eigenvalue weighted by Gasteiger charge is 2.11. The molecule has 0 heterocycles. The molecule has 0 saturated carbocycles. The van der Waals surface area contributed by atoms with Gasteiger partial charge in [0.2, 0.25) is 0 Å². The Hall–Kier alpha value is -1.98. The van der Waals surface area contributed by atoms with Gasteiger partial charge in [-0.05, 0) is 10.4 Å². The van der Waals surface area contributed by atoms with E-state index in [2.05, 4.69) is 15.1 Å². The number of benzene rings is 1. The number of ether oxygens (including phenoxy) is 1. The maximum absolute atomic E-state index is 10.2. The number of rotatable bonds is 3. The molecule has 0 amide bonds. The summed E-state index contributed by atoms with van der Waals surface area (Å²) in [6.07, 6.45) is 0. The Morgan fingerprint density at radius 2 is 2.00 bits per heavy atom. The van der Waals surface area contributed by atoms with Gasteiger partial charge in [-0.2, -0.15) is 0 Å². The Bertz CT molecular complexity index is 351. The zero-order chi connectivity index (χ0) is 9.84. The average molecular weight is 182 g/mol. The second kappa shape index (κ2) is 3.61. The second-order valence-electron chi connectivity index (χ2n) is 2.20. The number of phenolic OH excluding ortho intramolecular Hbond substituents is 1. The van der Waals surface area contributed by atoms with Crippen LogP contribution in [0.1, 0.15) is 0 Å². The average Bonchev–Trinajstić information content (AvgIpc) is 2.16. The van der Waals surface area contributed by atoms with Crippen LogP contribution in [-0.4, -0.2) is 12.2 Å². The molecule has 1 aromatic carbocycles.